The third kappa shape index (κ3) is 3.22. The summed E-state index contributed by atoms with van der Waals surface area (Å²) in [6, 6.07) is 8.75. The van der Waals surface area contributed by atoms with Gasteiger partial charge in [-0.25, -0.2) is 4.79 Å². The van der Waals surface area contributed by atoms with Gasteiger partial charge in [-0.2, -0.15) is 5.11 Å². The summed E-state index contributed by atoms with van der Waals surface area (Å²) >= 11 is 0. The van der Waals surface area contributed by atoms with Crippen LogP contribution >= 0.6 is 0 Å². The van der Waals surface area contributed by atoms with Gasteiger partial charge in [0.1, 0.15) is 0 Å². The van der Waals surface area contributed by atoms with Crippen LogP contribution in [0.5, 0.6) is 0 Å². The van der Waals surface area contributed by atoms with E-state index in [0.29, 0.717) is 5.56 Å². The lowest BCUT2D eigenvalue weighted by molar-refractivity contribution is 0.0471. The monoisotopic (exact) mass is 193 g/mol. The molecule has 0 amide bonds. The van der Waals surface area contributed by atoms with Crippen LogP contribution in [-0.2, 0) is 4.74 Å². The lowest BCUT2D eigenvalue weighted by Gasteiger charge is -2.02. The van der Waals surface area contributed by atoms with E-state index in [-0.39, 0.29) is 12.7 Å². The number of esters is 1. The zero-order valence-corrected chi connectivity index (χ0v) is 7.80. The second kappa shape index (κ2) is 5.69. The van der Waals surface area contributed by atoms with E-state index in [0.717, 1.165) is 0 Å². The van der Waals surface area contributed by atoms with Crippen molar-refractivity contribution in [1.82, 2.24) is 5.43 Å². The van der Waals surface area contributed by atoms with E-state index in [1.165, 1.54) is 7.05 Å². The van der Waals surface area contributed by atoms with Crippen molar-refractivity contribution in [2.24, 2.45) is 10.3 Å². The molecule has 0 unspecified atom stereocenters. The van der Waals surface area contributed by atoms with Crippen LogP contribution in [0.1, 0.15) is 10.4 Å². The normalized spacial score (nSPS) is 10.1. The molecule has 0 saturated heterocycles. The SMILES string of the molecule is CN=NNCOC(=O)c1ccccc1. The van der Waals surface area contributed by atoms with Crippen LogP contribution in [0.25, 0.3) is 0 Å². The predicted octanol–water partition coefficient (Wildman–Crippen LogP) is 1.39. The average molecular weight is 193 g/mol. The third-order valence-corrected chi connectivity index (χ3v) is 1.45. The van der Waals surface area contributed by atoms with Crippen molar-refractivity contribution in [3.63, 3.8) is 0 Å². The molecular formula is C9H11N3O2. The number of carbonyl (C=O) groups is 1. The van der Waals surface area contributed by atoms with E-state index < -0.39 is 0 Å². The van der Waals surface area contributed by atoms with Crippen LogP contribution < -0.4 is 5.43 Å². The molecule has 1 rings (SSSR count). The molecule has 0 bridgehead atoms. The topological polar surface area (TPSA) is 63.1 Å². The van der Waals surface area contributed by atoms with Gasteiger partial charge in [0, 0.05) is 0 Å². The highest BCUT2D eigenvalue weighted by atomic mass is 16.5. The fourth-order valence-electron chi connectivity index (χ4n) is 0.855. The second-order valence-electron chi connectivity index (χ2n) is 2.40. The van der Waals surface area contributed by atoms with Gasteiger partial charge in [0.2, 0.25) is 0 Å². The van der Waals surface area contributed by atoms with Gasteiger partial charge in [0.25, 0.3) is 0 Å². The number of nitrogens with one attached hydrogen (secondary N) is 1. The van der Waals surface area contributed by atoms with Crippen molar-refractivity contribution in [3.05, 3.63) is 35.9 Å². The summed E-state index contributed by atoms with van der Waals surface area (Å²) in [7, 11) is 1.52. The number of rotatable bonds is 4. The zero-order chi connectivity index (χ0) is 10.2. The van der Waals surface area contributed by atoms with Gasteiger partial charge in [0.05, 0.1) is 12.6 Å². The highest BCUT2D eigenvalue weighted by Crippen LogP contribution is 1.99. The van der Waals surface area contributed by atoms with Crippen molar-refractivity contribution in [2.45, 2.75) is 0 Å². The van der Waals surface area contributed by atoms with Crippen molar-refractivity contribution in [1.29, 1.82) is 0 Å². The Morgan fingerprint density at radius 1 is 1.43 bits per heavy atom. The Labute approximate surface area is 81.8 Å². The number of hydrogen-bond donors (Lipinski definition) is 1. The maximum absolute atomic E-state index is 11.3. The minimum atomic E-state index is -0.385. The molecule has 14 heavy (non-hydrogen) atoms. The molecule has 0 saturated carbocycles. The van der Waals surface area contributed by atoms with Crippen LogP contribution in [0, 0.1) is 0 Å². The first-order chi connectivity index (χ1) is 6.84. The van der Waals surface area contributed by atoms with E-state index in [2.05, 4.69) is 15.8 Å². The molecule has 0 spiro atoms. The maximum Gasteiger partial charge on any atom is 0.339 e. The molecule has 0 aliphatic heterocycles. The first-order valence-corrected chi connectivity index (χ1v) is 4.08. The molecule has 5 nitrogen and oxygen atoms in total. The van der Waals surface area contributed by atoms with E-state index in [1.807, 2.05) is 6.07 Å². The van der Waals surface area contributed by atoms with Gasteiger partial charge in [-0.1, -0.05) is 23.4 Å². The second-order valence-corrected chi connectivity index (χ2v) is 2.40. The Morgan fingerprint density at radius 2 is 2.14 bits per heavy atom. The molecule has 0 radical (unpaired) electrons. The van der Waals surface area contributed by atoms with Crippen LogP contribution in [0.15, 0.2) is 40.7 Å². The molecular weight excluding hydrogens is 182 g/mol. The van der Waals surface area contributed by atoms with Crippen LogP contribution in [0.2, 0.25) is 0 Å². The number of ether oxygens (including phenoxy) is 1. The fourth-order valence-corrected chi connectivity index (χ4v) is 0.855. The fraction of sp³-hybridized carbons (Fsp3) is 0.222. The molecule has 0 fully saturated rings. The van der Waals surface area contributed by atoms with Crippen molar-refractivity contribution in [2.75, 3.05) is 13.8 Å². The molecule has 1 N–H and O–H groups in total. The highest BCUT2D eigenvalue weighted by Gasteiger charge is 2.03. The average Bonchev–Trinajstić information content (AvgIpc) is 2.25. The molecule has 5 heteroatoms. The van der Waals surface area contributed by atoms with E-state index in [4.69, 9.17) is 4.74 Å². The largest absolute Gasteiger partial charge is 0.439 e. The maximum atomic E-state index is 11.3. The summed E-state index contributed by atoms with van der Waals surface area (Å²) in [6.07, 6.45) is 0. The molecule has 0 atom stereocenters. The Morgan fingerprint density at radius 3 is 2.79 bits per heavy atom. The zero-order valence-electron chi connectivity index (χ0n) is 7.80. The lowest BCUT2D eigenvalue weighted by atomic mass is 10.2. The Hall–Kier alpha value is -1.91. The van der Waals surface area contributed by atoms with Gasteiger partial charge in [-0.3, -0.25) is 5.43 Å². The summed E-state index contributed by atoms with van der Waals surface area (Å²) < 4.78 is 4.83. The Balaban J connectivity index is 2.36. The first kappa shape index (κ1) is 10.2. The number of benzene rings is 1. The minimum Gasteiger partial charge on any atom is -0.439 e. The summed E-state index contributed by atoms with van der Waals surface area (Å²) in [5.41, 5.74) is 2.97. The molecule has 1 aromatic carbocycles. The molecule has 1 aromatic rings. The Bertz CT molecular complexity index is 311. The predicted molar refractivity (Wildman–Crippen MR) is 50.6 cm³/mol. The van der Waals surface area contributed by atoms with Crippen molar-refractivity contribution < 1.29 is 9.53 Å². The molecule has 0 aliphatic carbocycles. The van der Waals surface area contributed by atoms with Crippen LogP contribution in [-0.4, -0.2) is 19.7 Å². The van der Waals surface area contributed by atoms with Gasteiger partial charge >= 0.3 is 5.97 Å². The van der Waals surface area contributed by atoms with Crippen molar-refractivity contribution in [3.8, 4) is 0 Å². The van der Waals surface area contributed by atoms with Crippen molar-refractivity contribution >= 4 is 5.97 Å². The lowest BCUT2D eigenvalue weighted by Crippen LogP contribution is -2.15. The smallest absolute Gasteiger partial charge is 0.339 e. The standard InChI is InChI=1S/C9H11N3O2/c1-10-12-11-7-14-9(13)8-5-3-2-4-6-8/h2-6H,7H2,1H3,(H,10,11). The number of nitrogens with zero attached hydrogens (tertiary/aromatic N) is 2. The highest BCUT2D eigenvalue weighted by molar-refractivity contribution is 5.89. The molecule has 0 heterocycles. The molecule has 0 aliphatic rings. The third-order valence-electron chi connectivity index (χ3n) is 1.45. The summed E-state index contributed by atoms with van der Waals surface area (Å²) in [5.74, 6) is -0.385. The van der Waals surface area contributed by atoms with Crippen LogP contribution in [0.4, 0.5) is 0 Å². The first-order valence-electron chi connectivity index (χ1n) is 4.08. The van der Waals surface area contributed by atoms with E-state index >= 15 is 0 Å². The Kier molecular flexibility index (Phi) is 4.13. The number of hydrogen-bond acceptors (Lipinski definition) is 4. The number of carbonyl (C=O) groups excluding carboxylic acids is 1. The summed E-state index contributed by atoms with van der Waals surface area (Å²) in [6.45, 7) is 0.0189. The van der Waals surface area contributed by atoms with Gasteiger partial charge in [-0.15, -0.1) is 0 Å². The van der Waals surface area contributed by atoms with Gasteiger partial charge in [0.15, 0.2) is 6.73 Å². The van der Waals surface area contributed by atoms with E-state index in [1.54, 1.807) is 24.3 Å². The molecule has 74 valence electrons. The van der Waals surface area contributed by atoms with Gasteiger partial charge < -0.3 is 4.74 Å². The minimum absolute atomic E-state index is 0.0189. The summed E-state index contributed by atoms with van der Waals surface area (Å²) in [4.78, 5) is 11.3. The molecule has 0 aromatic heterocycles. The quantitative estimate of drug-likeness (QED) is 0.258. The van der Waals surface area contributed by atoms with Crippen LogP contribution in [0.3, 0.4) is 0 Å². The van der Waals surface area contributed by atoms with E-state index in [9.17, 15) is 4.79 Å². The summed E-state index contributed by atoms with van der Waals surface area (Å²) in [5, 5.41) is 6.86. The van der Waals surface area contributed by atoms with Gasteiger partial charge in [-0.05, 0) is 12.1 Å².